The summed E-state index contributed by atoms with van der Waals surface area (Å²) in [5.41, 5.74) is 31.5. The topological polar surface area (TPSA) is 46.9 Å². The van der Waals surface area contributed by atoms with Gasteiger partial charge >= 0.3 is 0 Å². The third kappa shape index (κ3) is 17.7. The highest BCUT2D eigenvalue weighted by Gasteiger charge is 2.22. The van der Waals surface area contributed by atoms with Crippen LogP contribution >= 0.6 is 0 Å². The molecule has 0 aliphatic heterocycles. The van der Waals surface area contributed by atoms with E-state index in [0.717, 1.165) is 89.4 Å². The van der Waals surface area contributed by atoms with Crippen LogP contribution < -0.4 is 9.80 Å². The predicted octanol–water partition coefficient (Wildman–Crippen LogP) is 28.3. The summed E-state index contributed by atoms with van der Waals surface area (Å²) < 4.78 is 0. The molecule has 0 aromatic heterocycles. The van der Waals surface area contributed by atoms with E-state index >= 15 is 0 Å². The summed E-state index contributed by atoms with van der Waals surface area (Å²) in [6.07, 6.45) is 17.7. The highest BCUT2D eigenvalue weighted by molar-refractivity contribution is 6.07. The summed E-state index contributed by atoms with van der Waals surface area (Å²) in [5.74, 6) is 0. The van der Waals surface area contributed by atoms with E-state index in [0.29, 0.717) is 0 Å². The smallest absolute Gasteiger partial charge is 0.0681 e. The minimum absolute atomic E-state index is 0.00111. The number of fused-ring (bicyclic) bond motifs is 2. The third-order valence-corrected chi connectivity index (χ3v) is 21.0. The monoisotopic (exact) mass is 1470 g/mol. The first-order valence-corrected chi connectivity index (χ1v) is 39.0. The molecule has 0 saturated carbocycles. The quantitative estimate of drug-likeness (QED) is 0.0524. The molecule has 0 aliphatic rings. The molecule has 0 heterocycles. The molecule has 0 amide bonds. The molecular weight excluding hydrogens is 1380 g/mol. The second kappa shape index (κ2) is 36.2. The molecule has 0 fully saturated rings. The normalized spacial score (nSPS) is 11.1. The number of nitrogens with zero attached hydrogens (tertiary/aromatic N) is 2. The van der Waals surface area contributed by atoms with Crippen molar-refractivity contribution in [2.75, 3.05) is 9.80 Å². The summed E-state index contributed by atoms with van der Waals surface area (Å²) >= 11 is 0. The molecule has 2 N–H and O–H groups in total. The summed E-state index contributed by atoms with van der Waals surface area (Å²) in [4.78, 5) is 4.70. The van der Waals surface area contributed by atoms with E-state index < -0.39 is 0 Å². The van der Waals surface area contributed by atoms with E-state index in [2.05, 4.69) is 462 Å². The maximum atomic E-state index is 10.00. The van der Waals surface area contributed by atoms with Gasteiger partial charge in [-0.05, 0) is 210 Å². The first-order chi connectivity index (χ1) is 56.1. The highest BCUT2D eigenvalue weighted by atomic mass is 16.3. The molecule has 0 atom stereocenters. The summed E-state index contributed by atoms with van der Waals surface area (Å²) in [6.45, 7) is 8.50. The fourth-order valence-corrected chi connectivity index (χ4v) is 15.1. The summed E-state index contributed by atoms with van der Waals surface area (Å²) in [6, 6.07) is 137. The largest absolute Gasteiger partial charge is 0.392 e. The molecular formula is C110H90N2O2. The lowest BCUT2D eigenvalue weighted by atomic mass is 9.93. The number of rotatable bonds is 22. The Hall–Kier alpha value is -14.0. The Morgan fingerprint density at radius 3 is 0.939 bits per heavy atom. The van der Waals surface area contributed by atoms with Crippen molar-refractivity contribution >= 4 is 102 Å². The number of anilines is 6. The number of benzene rings is 16. The molecule has 16 aromatic rings. The standard InChI is InChI=1S/C56H47NO.C54H43NO/c1-40-21-28-48(29-22-40)54(49-30-23-41(2)24-31-49)38-43-25-33-50(34-26-43)57(55-35-27-44(39-58)37-42(55)3)56-36-32-47(52-18-10-11-19-53(52)56)17-12-20-51(45-13-6-4-7-14-45)46-15-8-5-9-16-46;1-40-37-42(39-56)31-35-53(40)55(48-33-29-41(30-34-48)17-16-28-49(43-18-6-2-7-19-43)44-20-8-3-9-21-44)54-36-32-47(50-26-14-15-27-51(50)54)38-52(45-22-10-4-11-23-45)46-24-12-5-13-25-46/h4-38,58H,39H2,1-3H3;2-38,56H,39H2,1H3/b17-12+;17-16+. The Morgan fingerprint density at radius 1 is 0.254 bits per heavy atom. The molecule has 16 aromatic carbocycles. The van der Waals surface area contributed by atoms with Crippen LogP contribution in [0.15, 0.2) is 413 Å². The Balaban J connectivity index is 0.000000180. The zero-order chi connectivity index (χ0) is 78.0. The summed E-state index contributed by atoms with van der Waals surface area (Å²) in [7, 11) is 0. The van der Waals surface area contributed by atoms with Crippen LogP contribution in [-0.4, -0.2) is 10.2 Å². The average molecular weight is 1470 g/mol. The lowest BCUT2D eigenvalue weighted by Crippen LogP contribution is -2.12. The molecule has 0 spiro atoms. The number of allylic oxidation sites excluding steroid dienone is 4. The van der Waals surface area contributed by atoms with E-state index in [1.165, 1.54) is 88.7 Å². The molecule has 552 valence electrons. The number of aliphatic hydroxyl groups is 2. The Morgan fingerprint density at radius 2 is 0.561 bits per heavy atom. The van der Waals surface area contributed by atoms with E-state index in [-0.39, 0.29) is 13.2 Å². The van der Waals surface area contributed by atoms with Crippen molar-refractivity contribution in [3.8, 4) is 0 Å². The van der Waals surface area contributed by atoms with Gasteiger partial charge in [0.2, 0.25) is 0 Å². The zero-order valence-corrected chi connectivity index (χ0v) is 64.8. The Bertz CT molecular complexity index is 5970. The molecule has 0 unspecified atom stereocenters. The van der Waals surface area contributed by atoms with Gasteiger partial charge < -0.3 is 20.0 Å². The maximum Gasteiger partial charge on any atom is 0.0681 e. The molecule has 4 heteroatoms. The van der Waals surface area contributed by atoms with Gasteiger partial charge in [0.15, 0.2) is 0 Å². The van der Waals surface area contributed by atoms with Crippen molar-refractivity contribution in [2.24, 2.45) is 0 Å². The molecule has 0 aliphatic carbocycles. The minimum atomic E-state index is 0.00111. The van der Waals surface area contributed by atoms with Crippen molar-refractivity contribution in [3.63, 3.8) is 0 Å². The molecule has 114 heavy (non-hydrogen) atoms. The van der Waals surface area contributed by atoms with Crippen LogP contribution in [-0.2, 0) is 13.2 Å². The van der Waals surface area contributed by atoms with E-state index in [4.69, 9.17) is 0 Å². The van der Waals surface area contributed by atoms with Crippen LogP contribution in [0.1, 0.15) is 100 Å². The lowest BCUT2D eigenvalue weighted by molar-refractivity contribution is 0.281. The Labute approximate surface area is 671 Å². The molecule has 0 saturated heterocycles. The van der Waals surface area contributed by atoms with Crippen LogP contribution in [0.4, 0.5) is 34.1 Å². The van der Waals surface area contributed by atoms with Crippen molar-refractivity contribution in [1.29, 1.82) is 0 Å². The zero-order valence-electron chi connectivity index (χ0n) is 64.8. The first-order valence-electron chi connectivity index (χ1n) is 39.0. The van der Waals surface area contributed by atoms with E-state index in [9.17, 15) is 10.2 Å². The van der Waals surface area contributed by atoms with Crippen molar-refractivity contribution in [3.05, 3.63) is 513 Å². The van der Waals surface area contributed by atoms with Gasteiger partial charge in [-0.3, -0.25) is 0 Å². The van der Waals surface area contributed by atoms with Crippen molar-refractivity contribution in [1.82, 2.24) is 0 Å². The van der Waals surface area contributed by atoms with Crippen LogP contribution in [0.2, 0.25) is 0 Å². The first kappa shape index (κ1) is 75.4. The number of aryl methyl sites for hydroxylation is 4. The van der Waals surface area contributed by atoms with Crippen LogP contribution in [0.3, 0.4) is 0 Å². The fraction of sp³-hybridized carbons (Fsp3) is 0.0545. The number of hydrogen-bond acceptors (Lipinski definition) is 4. The summed E-state index contributed by atoms with van der Waals surface area (Å²) in [5, 5.41) is 24.6. The SMILES string of the molecule is Cc1cc(CO)ccc1N(c1ccc(/C=C/C=C(c2ccccc2)c2ccccc2)cc1)c1ccc(C=C(c2ccccc2)c2ccccc2)c2ccccc12.Cc1ccc(C(=Cc2ccc(N(c3ccc(CO)cc3C)c3ccc(/C=C/C=C(c4ccccc4)c4ccccc4)c4ccccc34)cc2)c2ccc(C)cc2)cc1. The van der Waals surface area contributed by atoms with Gasteiger partial charge in [0.05, 0.1) is 24.6 Å². The fourth-order valence-electron chi connectivity index (χ4n) is 15.1. The number of aliphatic hydroxyl groups excluding tert-OH is 2. The maximum absolute atomic E-state index is 10.00. The van der Waals surface area contributed by atoms with Crippen LogP contribution in [0.25, 0.3) is 68.1 Å². The molecule has 0 bridgehead atoms. The molecule has 16 rings (SSSR count). The lowest BCUT2D eigenvalue weighted by Gasteiger charge is -2.29. The van der Waals surface area contributed by atoms with Gasteiger partial charge in [-0.15, -0.1) is 0 Å². The van der Waals surface area contributed by atoms with Crippen LogP contribution in [0.5, 0.6) is 0 Å². The highest BCUT2D eigenvalue weighted by Crippen LogP contribution is 2.45. The van der Waals surface area contributed by atoms with E-state index in [1.807, 2.05) is 12.1 Å². The van der Waals surface area contributed by atoms with Crippen molar-refractivity contribution < 1.29 is 10.2 Å². The number of hydrogen-bond donors (Lipinski definition) is 2. The van der Waals surface area contributed by atoms with Crippen molar-refractivity contribution in [2.45, 2.75) is 40.9 Å². The molecule has 0 radical (unpaired) electrons. The van der Waals surface area contributed by atoms with Gasteiger partial charge in [-0.1, -0.05) is 387 Å². The van der Waals surface area contributed by atoms with Gasteiger partial charge in [-0.25, -0.2) is 0 Å². The van der Waals surface area contributed by atoms with Crippen LogP contribution in [0, 0.1) is 27.7 Å². The second-order valence-corrected chi connectivity index (χ2v) is 28.8. The third-order valence-electron chi connectivity index (χ3n) is 21.0. The van der Waals surface area contributed by atoms with Gasteiger partial charge in [-0.2, -0.15) is 0 Å². The Kier molecular flexibility index (Phi) is 24.0. The average Bonchev–Trinajstić information content (AvgIpc) is 0.770. The molecule has 4 nitrogen and oxygen atoms in total. The van der Waals surface area contributed by atoms with Gasteiger partial charge in [0.1, 0.15) is 0 Å². The second-order valence-electron chi connectivity index (χ2n) is 28.8. The minimum Gasteiger partial charge on any atom is -0.392 e. The predicted molar refractivity (Wildman–Crippen MR) is 486 cm³/mol. The van der Waals surface area contributed by atoms with E-state index in [1.54, 1.807) is 0 Å². The van der Waals surface area contributed by atoms with Gasteiger partial charge in [0, 0.05) is 33.5 Å². The van der Waals surface area contributed by atoms with Gasteiger partial charge in [0.25, 0.3) is 0 Å².